The van der Waals surface area contributed by atoms with Gasteiger partial charge in [-0.05, 0) is 91.4 Å². The summed E-state index contributed by atoms with van der Waals surface area (Å²) in [6.45, 7) is 8.51. The van der Waals surface area contributed by atoms with Crippen LogP contribution in [0.15, 0.2) is 23.3 Å². The summed E-state index contributed by atoms with van der Waals surface area (Å²) in [6, 6.07) is 0. The Kier molecular flexibility index (Phi) is 4.00. The molecule has 144 valence electrons. The average Bonchev–Trinajstić information content (AvgIpc) is 3.23. The van der Waals surface area contributed by atoms with Gasteiger partial charge in [-0.3, -0.25) is 0 Å². The van der Waals surface area contributed by atoms with E-state index in [-0.39, 0.29) is 6.10 Å². The molecule has 2 nitrogen and oxygen atoms in total. The van der Waals surface area contributed by atoms with Crippen LogP contribution in [-0.2, 0) is 4.74 Å². The van der Waals surface area contributed by atoms with Gasteiger partial charge < -0.3 is 9.84 Å². The first kappa shape index (κ1) is 17.5. The molecule has 0 spiro atoms. The van der Waals surface area contributed by atoms with E-state index in [0.29, 0.717) is 22.9 Å². The van der Waals surface area contributed by atoms with E-state index in [9.17, 15) is 5.11 Å². The van der Waals surface area contributed by atoms with Crippen LogP contribution in [0.4, 0.5) is 0 Å². The fourth-order valence-corrected chi connectivity index (χ4v) is 7.93. The minimum absolute atomic E-state index is 0.105. The molecule has 26 heavy (non-hydrogen) atoms. The minimum Gasteiger partial charge on any atom is -0.393 e. The zero-order valence-corrected chi connectivity index (χ0v) is 16.8. The molecule has 3 fully saturated rings. The van der Waals surface area contributed by atoms with Gasteiger partial charge in [0.2, 0.25) is 0 Å². The second-order valence-corrected chi connectivity index (χ2v) is 10.5. The van der Waals surface area contributed by atoms with Crippen molar-refractivity contribution < 1.29 is 9.84 Å². The van der Waals surface area contributed by atoms with E-state index in [1.165, 1.54) is 38.5 Å². The number of aliphatic hydroxyl groups is 1. The maximum Gasteiger partial charge on any atom is 0.0791 e. The van der Waals surface area contributed by atoms with Crippen LogP contribution in [-0.4, -0.2) is 23.9 Å². The molecule has 1 unspecified atom stereocenters. The Morgan fingerprint density at radius 3 is 2.65 bits per heavy atom. The molecule has 0 aromatic rings. The highest BCUT2D eigenvalue weighted by atomic mass is 16.5. The third-order valence-electron chi connectivity index (χ3n) is 9.33. The van der Waals surface area contributed by atoms with Gasteiger partial charge in [-0.2, -0.15) is 0 Å². The maximum atomic E-state index is 10.2. The molecular formula is C24H36O2. The number of ether oxygens (including phenoxy) is 1. The van der Waals surface area contributed by atoms with E-state index in [1.807, 2.05) is 0 Å². The normalized spacial score (nSPS) is 53.4. The fourth-order valence-electron chi connectivity index (χ4n) is 7.93. The summed E-state index contributed by atoms with van der Waals surface area (Å²) in [5.41, 5.74) is 3.94. The maximum absolute atomic E-state index is 10.2. The summed E-state index contributed by atoms with van der Waals surface area (Å²) in [5.74, 6) is 3.04. The molecule has 8 atom stereocenters. The van der Waals surface area contributed by atoms with Crippen molar-refractivity contribution in [3.63, 3.8) is 0 Å². The van der Waals surface area contributed by atoms with Crippen molar-refractivity contribution in [2.75, 3.05) is 6.61 Å². The molecule has 0 aromatic heterocycles. The summed E-state index contributed by atoms with van der Waals surface area (Å²) in [7, 11) is 0. The molecule has 1 aliphatic heterocycles. The third-order valence-corrected chi connectivity index (χ3v) is 9.33. The van der Waals surface area contributed by atoms with Gasteiger partial charge in [-0.15, -0.1) is 0 Å². The fraction of sp³-hybridized carbons (Fsp3) is 0.833. The van der Waals surface area contributed by atoms with Crippen LogP contribution in [0.25, 0.3) is 0 Å². The number of rotatable bonds is 1. The van der Waals surface area contributed by atoms with Crippen molar-refractivity contribution in [3.8, 4) is 0 Å². The average molecular weight is 357 g/mol. The second kappa shape index (κ2) is 5.95. The number of hydrogen-bond acceptors (Lipinski definition) is 2. The lowest BCUT2D eigenvalue weighted by atomic mass is 9.45. The third kappa shape index (κ3) is 2.30. The molecule has 1 N–H and O–H groups in total. The van der Waals surface area contributed by atoms with Crippen molar-refractivity contribution in [1.82, 2.24) is 0 Å². The number of fused-ring (bicyclic) bond motifs is 5. The molecule has 1 heterocycles. The van der Waals surface area contributed by atoms with E-state index in [0.717, 1.165) is 37.2 Å². The van der Waals surface area contributed by atoms with Crippen molar-refractivity contribution in [1.29, 1.82) is 0 Å². The van der Waals surface area contributed by atoms with Gasteiger partial charge in [0.15, 0.2) is 0 Å². The van der Waals surface area contributed by atoms with Gasteiger partial charge >= 0.3 is 0 Å². The molecular weight excluding hydrogens is 320 g/mol. The lowest BCUT2D eigenvalue weighted by molar-refractivity contribution is -0.0531. The Balaban J connectivity index is 1.48. The lowest BCUT2D eigenvalue weighted by Crippen LogP contribution is -2.52. The molecule has 4 aliphatic carbocycles. The lowest BCUT2D eigenvalue weighted by Gasteiger charge is -2.59. The number of allylic oxidation sites excluding steroid dienone is 2. The van der Waals surface area contributed by atoms with Crippen LogP contribution >= 0.6 is 0 Å². The van der Waals surface area contributed by atoms with E-state index in [2.05, 4.69) is 32.9 Å². The zero-order chi connectivity index (χ0) is 18.1. The second-order valence-electron chi connectivity index (χ2n) is 10.5. The van der Waals surface area contributed by atoms with Crippen molar-refractivity contribution in [2.45, 2.75) is 84.3 Å². The summed E-state index contributed by atoms with van der Waals surface area (Å²) < 4.78 is 6.12. The Hall–Kier alpha value is -0.600. The minimum atomic E-state index is -0.105. The SMILES string of the molecule is C[C@@H]1C=C2C[C@@H](O)CC[C@]2(C)[C@H]2CC[C@]3(C)C(C4CCCO4)=CC[C@H]3[C@H]12. The van der Waals surface area contributed by atoms with Crippen LogP contribution in [0.2, 0.25) is 0 Å². The molecule has 2 saturated carbocycles. The Morgan fingerprint density at radius 1 is 1.08 bits per heavy atom. The van der Waals surface area contributed by atoms with E-state index < -0.39 is 0 Å². The monoisotopic (exact) mass is 356 g/mol. The van der Waals surface area contributed by atoms with E-state index >= 15 is 0 Å². The molecule has 5 rings (SSSR count). The summed E-state index contributed by atoms with van der Waals surface area (Å²) in [5, 5.41) is 10.2. The molecule has 1 saturated heterocycles. The van der Waals surface area contributed by atoms with Gasteiger partial charge in [0.05, 0.1) is 12.2 Å². The standard InChI is InChI=1S/C24H36O2/c1-15-13-16-14-17(25)8-10-23(16,2)20-9-11-24(3)18(21-5-4-12-26-21)6-7-19(24)22(15)20/h6,13,15,17,19-22,25H,4-5,7-12,14H2,1-3H3/t15-,17+,19+,20+,21?,22+,23+,24-/m1/s1. The Morgan fingerprint density at radius 2 is 1.88 bits per heavy atom. The van der Waals surface area contributed by atoms with E-state index in [4.69, 9.17) is 4.74 Å². The van der Waals surface area contributed by atoms with Crippen LogP contribution in [0, 0.1) is 34.5 Å². The quantitative estimate of drug-likeness (QED) is 0.648. The van der Waals surface area contributed by atoms with Gasteiger partial charge in [0.25, 0.3) is 0 Å². The highest BCUT2D eigenvalue weighted by Gasteiger charge is 2.59. The number of aliphatic hydroxyl groups excluding tert-OH is 1. The van der Waals surface area contributed by atoms with Crippen LogP contribution in [0.5, 0.6) is 0 Å². The smallest absolute Gasteiger partial charge is 0.0791 e. The predicted octanol–water partition coefficient (Wildman–Crippen LogP) is 5.27. The van der Waals surface area contributed by atoms with Crippen molar-refractivity contribution in [2.24, 2.45) is 34.5 Å². The van der Waals surface area contributed by atoms with Crippen LogP contribution < -0.4 is 0 Å². The summed E-state index contributed by atoms with van der Waals surface area (Å²) in [6.07, 6.45) is 15.0. The first-order valence-electron chi connectivity index (χ1n) is 11.1. The molecule has 0 aromatic carbocycles. The van der Waals surface area contributed by atoms with Crippen molar-refractivity contribution >= 4 is 0 Å². The van der Waals surface area contributed by atoms with Gasteiger partial charge in [0, 0.05) is 6.61 Å². The predicted molar refractivity (Wildman–Crippen MR) is 105 cm³/mol. The molecule has 0 bridgehead atoms. The molecule has 5 aliphatic rings. The Labute approximate surface area is 159 Å². The van der Waals surface area contributed by atoms with Crippen LogP contribution in [0.3, 0.4) is 0 Å². The van der Waals surface area contributed by atoms with Crippen molar-refractivity contribution in [3.05, 3.63) is 23.3 Å². The Bertz CT molecular complexity index is 643. The topological polar surface area (TPSA) is 29.5 Å². The summed E-state index contributed by atoms with van der Waals surface area (Å²) >= 11 is 0. The zero-order valence-electron chi connectivity index (χ0n) is 16.8. The molecule has 2 heteroatoms. The highest BCUT2D eigenvalue weighted by molar-refractivity contribution is 5.33. The largest absolute Gasteiger partial charge is 0.393 e. The molecule has 0 amide bonds. The van der Waals surface area contributed by atoms with Gasteiger partial charge in [0.1, 0.15) is 0 Å². The van der Waals surface area contributed by atoms with Crippen LogP contribution in [0.1, 0.15) is 72.1 Å². The van der Waals surface area contributed by atoms with Gasteiger partial charge in [-0.1, -0.05) is 38.5 Å². The first-order valence-corrected chi connectivity index (χ1v) is 11.1. The highest BCUT2D eigenvalue weighted by Crippen LogP contribution is 2.66. The summed E-state index contributed by atoms with van der Waals surface area (Å²) in [4.78, 5) is 0. The number of hydrogen-bond donors (Lipinski definition) is 1. The van der Waals surface area contributed by atoms with Gasteiger partial charge in [-0.25, -0.2) is 0 Å². The first-order chi connectivity index (χ1) is 12.4. The molecule has 0 radical (unpaired) electrons. The van der Waals surface area contributed by atoms with E-state index in [1.54, 1.807) is 11.1 Å².